The number of fused-ring (bicyclic) bond motifs is 1. The van der Waals surface area contributed by atoms with E-state index in [0.717, 1.165) is 38.8 Å². The summed E-state index contributed by atoms with van der Waals surface area (Å²) in [6.45, 7) is 3.66. The Hall–Kier alpha value is -3.63. The number of nitrogens with one attached hydrogen (secondary N) is 2. The number of amides is 1. The minimum atomic E-state index is -1.06. The van der Waals surface area contributed by atoms with Gasteiger partial charge in [-0.3, -0.25) is 14.5 Å². The lowest BCUT2D eigenvalue weighted by Crippen LogP contribution is -2.48. The number of benzene rings is 2. The van der Waals surface area contributed by atoms with Crippen molar-refractivity contribution in [2.75, 3.05) is 13.1 Å². The van der Waals surface area contributed by atoms with Crippen molar-refractivity contribution in [3.63, 3.8) is 0 Å². The number of likely N-dealkylation sites (tertiary alicyclic amines) is 1. The molecule has 1 aromatic heterocycles. The van der Waals surface area contributed by atoms with Crippen LogP contribution in [0, 0.1) is 29.6 Å². The highest BCUT2D eigenvalue weighted by Gasteiger charge is 2.49. The van der Waals surface area contributed by atoms with E-state index in [0.29, 0.717) is 11.5 Å². The molecular formula is C31H34N4O3. The molecule has 2 aromatic carbocycles. The number of H-pyrrole nitrogens is 1. The molecule has 1 saturated heterocycles. The van der Waals surface area contributed by atoms with E-state index in [2.05, 4.69) is 40.3 Å². The van der Waals surface area contributed by atoms with Gasteiger partial charge in [0, 0.05) is 41.2 Å². The second-order valence-electron chi connectivity index (χ2n) is 11.7. The fourth-order valence-corrected chi connectivity index (χ4v) is 6.89. The minimum Gasteiger partial charge on any atom is -0.480 e. The van der Waals surface area contributed by atoms with Crippen molar-refractivity contribution >= 4 is 22.8 Å². The molecule has 6 rings (SSSR count). The lowest BCUT2D eigenvalue weighted by atomic mass is 9.56. The van der Waals surface area contributed by atoms with E-state index >= 15 is 0 Å². The van der Waals surface area contributed by atoms with Gasteiger partial charge in [-0.05, 0) is 104 Å². The van der Waals surface area contributed by atoms with Gasteiger partial charge in [0.15, 0.2) is 0 Å². The fraction of sp³-hybridized carbons (Fsp3) is 0.452. The van der Waals surface area contributed by atoms with E-state index in [1.165, 1.54) is 46.0 Å². The molecule has 0 bridgehead atoms. The van der Waals surface area contributed by atoms with E-state index in [-0.39, 0.29) is 23.3 Å². The quantitative estimate of drug-likeness (QED) is 0.393. The molecule has 3 aliphatic rings. The van der Waals surface area contributed by atoms with Gasteiger partial charge in [-0.2, -0.15) is 5.26 Å². The third-order valence-corrected chi connectivity index (χ3v) is 9.06. The van der Waals surface area contributed by atoms with Crippen LogP contribution >= 0.6 is 0 Å². The van der Waals surface area contributed by atoms with Crippen LogP contribution in [0.25, 0.3) is 10.9 Å². The van der Waals surface area contributed by atoms with E-state index in [4.69, 9.17) is 5.11 Å². The monoisotopic (exact) mass is 510 g/mol. The Morgan fingerprint density at radius 1 is 1.18 bits per heavy atom. The van der Waals surface area contributed by atoms with Gasteiger partial charge in [0.2, 0.25) is 0 Å². The lowest BCUT2D eigenvalue weighted by molar-refractivity contribution is -0.135. The Labute approximate surface area is 222 Å². The first-order valence-electron chi connectivity index (χ1n) is 13.7. The number of aliphatic carboxylic acids is 1. The van der Waals surface area contributed by atoms with Crippen molar-refractivity contribution < 1.29 is 14.7 Å². The zero-order valence-corrected chi connectivity index (χ0v) is 21.8. The fourth-order valence-electron chi connectivity index (χ4n) is 6.89. The number of rotatable bonds is 7. The highest BCUT2D eigenvalue weighted by Crippen LogP contribution is 2.57. The van der Waals surface area contributed by atoms with Crippen LogP contribution in [0.3, 0.4) is 0 Å². The van der Waals surface area contributed by atoms with Crippen molar-refractivity contribution in [2.24, 2.45) is 11.3 Å². The molecule has 1 atom stereocenters. The highest BCUT2D eigenvalue weighted by atomic mass is 16.4. The molecular weight excluding hydrogens is 476 g/mol. The van der Waals surface area contributed by atoms with Crippen LogP contribution in [0.5, 0.6) is 0 Å². The number of piperidine rings is 1. The lowest BCUT2D eigenvalue weighted by Gasteiger charge is -2.53. The van der Waals surface area contributed by atoms with Crippen molar-refractivity contribution in [2.45, 2.75) is 64.0 Å². The van der Waals surface area contributed by atoms with E-state index in [1.807, 2.05) is 18.3 Å². The molecule has 2 aliphatic carbocycles. The first kappa shape index (κ1) is 24.7. The molecule has 38 heavy (non-hydrogen) atoms. The van der Waals surface area contributed by atoms with Crippen molar-refractivity contribution in [3.05, 3.63) is 70.4 Å². The number of hydrogen-bond acceptors (Lipinski definition) is 4. The summed E-state index contributed by atoms with van der Waals surface area (Å²) >= 11 is 0. The third-order valence-electron chi connectivity index (χ3n) is 9.06. The number of hydrogen-bond donors (Lipinski definition) is 3. The second-order valence-corrected chi connectivity index (χ2v) is 11.7. The average molecular weight is 511 g/mol. The molecule has 1 aliphatic heterocycles. The van der Waals surface area contributed by atoms with Crippen LogP contribution in [0.15, 0.2) is 42.6 Å². The molecule has 7 nitrogen and oxygen atoms in total. The number of carbonyl (C=O) groups excluding carboxylic acids is 1. The van der Waals surface area contributed by atoms with E-state index in [9.17, 15) is 14.9 Å². The number of nitrogens with zero attached hydrogens (tertiary/aromatic N) is 2. The number of aromatic nitrogens is 1. The maximum atomic E-state index is 12.4. The number of carboxylic acids is 1. The highest BCUT2D eigenvalue weighted by molar-refractivity contribution is 5.95. The Bertz CT molecular complexity index is 1420. The van der Waals surface area contributed by atoms with Crippen LogP contribution in [-0.4, -0.2) is 40.0 Å². The summed E-state index contributed by atoms with van der Waals surface area (Å²) in [5.41, 5.74) is 7.31. The Kier molecular flexibility index (Phi) is 6.23. The van der Waals surface area contributed by atoms with Crippen molar-refractivity contribution in [3.8, 4) is 6.07 Å². The molecule has 196 valence electrons. The number of carbonyl (C=O) groups is 2. The van der Waals surface area contributed by atoms with Crippen molar-refractivity contribution in [1.82, 2.24) is 15.2 Å². The largest absolute Gasteiger partial charge is 0.480 e. The summed E-state index contributed by atoms with van der Waals surface area (Å²) in [5.74, 6) is -0.618. The normalized spacial score (nSPS) is 25.2. The molecule has 0 radical (unpaired) electrons. The second kappa shape index (κ2) is 9.59. The Morgan fingerprint density at radius 2 is 1.95 bits per heavy atom. The van der Waals surface area contributed by atoms with Crippen LogP contribution in [0.1, 0.15) is 83.1 Å². The predicted molar refractivity (Wildman–Crippen MR) is 145 cm³/mol. The zero-order valence-electron chi connectivity index (χ0n) is 21.8. The summed E-state index contributed by atoms with van der Waals surface area (Å²) in [4.78, 5) is 29.3. The summed E-state index contributed by atoms with van der Waals surface area (Å²) in [5, 5.41) is 22.1. The van der Waals surface area contributed by atoms with E-state index < -0.39 is 12.5 Å². The summed E-state index contributed by atoms with van der Waals surface area (Å²) in [7, 11) is 0. The first-order chi connectivity index (χ1) is 18.4. The molecule has 1 amide bonds. The summed E-state index contributed by atoms with van der Waals surface area (Å²) in [6, 6.07) is 14.9. The summed E-state index contributed by atoms with van der Waals surface area (Å²) in [6.07, 6.45) is 8.64. The number of aryl methyl sites for hydroxylation is 1. The van der Waals surface area contributed by atoms with Gasteiger partial charge in [-0.25, -0.2) is 0 Å². The molecule has 3 N–H and O–H groups in total. The van der Waals surface area contributed by atoms with Gasteiger partial charge in [0.25, 0.3) is 5.91 Å². The molecule has 3 fully saturated rings. The molecule has 2 heterocycles. The molecule has 7 heteroatoms. The third kappa shape index (κ3) is 4.58. The van der Waals surface area contributed by atoms with Gasteiger partial charge in [-0.1, -0.05) is 18.2 Å². The summed E-state index contributed by atoms with van der Waals surface area (Å²) < 4.78 is 0. The maximum Gasteiger partial charge on any atom is 0.322 e. The number of nitriles is 1. The van der Waals surface area contributed by atoms with Crippen LogP contribution in [0.4, 0.5) is 0 Å². The van der Waals surface area contributed by atoms with E-state index in [1.54, 1.807) is 12.1 Å². The van der Waals surface area contributed by atoms with Crippen molar-refractivity contribution in [1.29, 1.82) is 5.26 Å². The van der Waals surface area contributed by atoms with Gasteiger partial charge < -0.3 is 15.4 Å². The smallest absolute Gasteiger partial charge is 0.322 e. The van der Waals surface area contributed by atoms with Crippen LogP contribution in [0.2, 0.25) is 0 Å². The van der Waals surface area contributed by atoms with Crippen LogP contribution in [-0.2, 0) is 11.3 Å². The molecule has 1 unspecified atom stereocenters. The number of aromatic amines is 1. The molecule has 2 saturated carbocycles. The zero-order chi connectivity index (χ0) is 26.4. The molecule has 3 aromatic rings. The predicted octanol–water partition coefficient (Wildman–Crippen LogP) is 5.43. The van der Waals surface area contributed by atoms with Gasteiger partial charge in [0.05, 0.1) is 6.07 Å². The first-order valence-corrected chi connectivity index (χ1v) is 13.7. The maximum absolute atomic E-state index is 12.4. The number of carboxylic acid groups (broad SMARTS) is 1. The van der Waals surface area contributed by atoms with Gasteiger partial charge in [0.1, 0.15) is 6.54 Å². The Morgan fingerprint density at radius 3 is 2.63 bits per heavy atom. The Balaban J connectivity index is 1.31. The minimum absolute atomic E-state index is 0.167. The van der Waals surface area contributed by atoms with Crippen LogP contribution < -0.4 is 5.32 Å². The van der Waals surface area contributed by atoms with Gasteiger partial charge in [-0.15, -0.1) is 0 Å². The standard InChI is InChI=1S/C31H34N4O3/c1-19-12-25(21-2-3-21)26(24-8-10-33-29(19)24)18-35-11-9-31(13-20(14-31)16-32)15-27(35)22-4-6-23(7-5-22)30(38)34-17-28(36)37/h4-8,10,12,20-21,27,33H,2-3,9,11,13-15,17-18H2,1H3,(H,34,38)(H,36,37). The SMILES string of the molecule is Cc1cc(C2CC2)c(CN2CCC3(CC(C#N)C3)CC2c2ccc(C(=O)NCC(=O)O)cc2)c2cc[nH]c12. The molecule has 1 spiro atoms. The van der Waals surface area contributed by atoms with Gasteiger partial charge >= 0.3 is 5.97 Å². The average Bonchev–Trinajstić information content (AvgIpc) is 3.62. The topological polar surface area (TPSA) is 109 Å².